The summed E-state index contributed by atoms with van der Waals surface area (Å²) in [4.78, 5) is 22.2. The number of benzene rings is 1. The Morgan fingerprint density at radius 3 is 2.65 bits per heavy atom. The third kappa shape index (κ3) is 4.81. The molecule has 0 bridgehead atoms. The first-order valence-corrected chi connectivity index (χ1v) is 6.73. The van der Waals surface area contributed by atoms with Crippen LogP contribution in [0.3, 0.4) is 0 Å². The smallest absolute Gasteiger partial charge is 0.422 e. The van der Waals surface area contributed by atoms with Crippen LogP contribution in [0.5, 0.6) is 5.75 Å². The van der Waals surface area contributed by atoms with Gasteiger partial charge in [-0.2, -0.15) is 13.2 Å². The van der Waals surface area contributed by atoms with Crippen molar-refractivity contribution in [2.45, 2.75) is 6.18 Å². The van der Waals surface area contributed by atoms with E-state index in [-0.39, 0.29) is 17.2 Å². The number of nitrogens with zero attached hydrogens (tertiary/aromatic N) is 1. The molecule has 1 aliphatic rings. The molecule has 2 N–H and O–H groups in total. The van der Waals surface area contributed by atoms with Gasteiger partial charge in [-0.25, -0.2) is 0 Å². The van der Waals surface area contributed by atoms with Gasteiger partial charge in [-0.3, -0.25) is 14.9 Å². The lowest BCUT2D eigenvalue weighted by Gasteiger charge is -2.27. The summed E-state index contributed by atoms with van der Waals surface area (Å²) in [5.41, 5.74) is -0.824. The molecule has 1 fully saturated rings. The summed E-state index contributed by atoms with van der Waals surface area (Å²) in [6.45, 7) is 0.254. The molecular formula is C13H14F3N3O4. The number of nitrogens with one attached hydrogen (secondary N) is 2. The lowest BCUT2D eigenvalue weighted by atomic mass is 10.0. The molecule has 0 spiro atoms. The Morgan fingerprint density at radius 1 is 1.43 bits per heavy atom. The van der Waals surface area contributed by atoms with Crippen LogP contribution in [-0.2, 0) is 0 Å². The number of carbonyl (C=O) groups is 1. The predicted octanol–water partition coefficient (Wildman–Crippen LogP) is 1.49. The topological polar surface area (TPSA) is 93.5 Å². The number of hydrogen-bond donors (Lipinski definition) is 2. The van der Waals surface area contributed by atoms with Crippen LogP contribution in [0.2, 0.25) is 0 Å². The fraction of sp³-hybridized carbons (Fsp3) is 0.462. The highest BCUT2D eigenvalue weighted by atomic mass is 19.4. The van der Waals surface area contributed by atoms with Gasteiger partial charge in [-0.05, 0) is 12.1 Å². The van der Waals surface area contributed by atoms with Crippen molar-refractivity contribution in [2.75, 3.05) is 26.2 Å². The number of ether oxygens (including phenoxy) is 1. The van der Waals surface area contributed by atoms with E-state index in [1.807, 2.05) is 0 Å². The first-order chi connectivity index (χ1) is 10.8. The number of hydrogen-bond acceptors (Lipinski definition) is 5. The first-order valence-electron chi connectivity index (χ1n) is 6.73. The standard InChI is InChI=1S/C13H14F3N3O4/c14-13(15,16)7-23-9-1-2-11(19(21)22)10(3-9)12(20)18-6-8-4-17-5-8/h1-3,8,17H,4-7H2,(H,18,20). The lowest BCUT2D eigenvalue weighted by molar-refractivity contribution is -0.385. The second-order valence-corrected chi connectivity index (χ2v) is 5.07. The predicted molar refractivity (Wildman–Crippen MR) is 73.3 cm³/mol. The zero-order valence-corrected chi connectivity index (χ0v) is 11.9. The van der Waals surface area contributed by atoms with Gasteiger partial charge in [0.15, 0.2) is 6.61 Å². The van der Waals surface area contributed by atoms with E-state index < -0.39 is 29.3 Å². The minimum atomic E-state index is -4.54. The largest absolute Gasteiger partial charge is 0.484 e. The fourth-order valence-electron chi connectivity index (χ4n) is 1.94. The van der Waals surface area contributed by atoms with Crippen LogP contribution in [0.25, 0.3) is 0 Å². The van der Waals surface area contributed by atoms with Crippen molar-refractivity contribution in [1.82, 2.24) is 10.6 Å². The van der Waals surface area contributed by atoms with Crippen molar-refractivity contribution in [3.63, 3.8) is 0 Å². The number of alkyl halides is 3. The van der Waals surface area contributed by atoms with Gasteiger partial charge in [0, 0.05) is 31.6 Å². The third-order valence-corrected chi connectivity index (χ3v) is 3.23. The maximum atomic E-state index is 12.1. The third-order valence-electron chi connectivity index (χ3n) is 3.23. The average molecular weight is 333 g/mol. The van der Waals surface area contributed by atoms with Crippen LogP contribution < -0.4 is 15.4 Å². The number of rotatable bonds is 6. The summed E-state index contributed by atoms with van der Waals surface area (Å²) in [6, 6.07) is 2.92. The lowest BCUT2D eigenvalue weighted by Crippen LogP contribution is -2.48. The molecule has 2 rings (SSSR count). The van der Waals surface area contributed by atoms with Crippen LogP contribution >= 0.6 is 0 Å². The molecule has 7 nitrogen and oxygen atoms in total. The Kier molecular flexibility index (Phi) is 5.04. The molecule has 0 radical (unpaired) electrons. The molecule has 0 unspecified atom stereocenters. The Morgan fingerprint density at radius 2 is 2.13 bits per heavy atom. The van der Waals surface area contributed by atoms with Crippen LogP contribution in [0.15, 0.2) is 18.2 Å². The van der Waals surface area contributed by atoms with Crippen LogP contribution in [-0.4, -0.2) is 43.2 Å². The summed E-state index contributed by atoms with van der Waals surface area (Å²) in [6.07, 6.45) is -4.54. The number of amides is 1. The fourth-order valence-corrected chi connectivity index (χ4v) is 1.94. The van der Waals surface area contributed by atoms with Gasteiger partial charge in [0.1, 0.15) is 11.3 Å². The minimum Gasteiger partial charge on any atom is -0.484 e. The van der Waals surface area contributed by atoms with Crippen molar-refractivity contribution >= 4 is 11.6 Å². The van der Waals surface area contributed by atoms with E-state index in [0.29, 0.717) is 6.54 Å². The second-order valence-electron chi connectivity index (χ2n) is 5.07. The molecule has 23 heavy (non-hydrogen) atoms. The molecule has 10 heteroatoms. The van der Waals surface area contributed by atoms with Crippen LogP contribution in [0.4, 0.5) is 18.9 Å². The molecule has 1 aromatic rings. The second kappa shape index (κ2) is 6.82. The van der Waals surface area contributed by atoms with E-state index in [1.54, 1.807) is 0 Å². The molecule has 1 saturated heterocycles. The Bertz CT molecular complexity index is 603. The quantitative estimate of drug-likeness (QED) is 0.608. The monoisotopic (exact) mass is 333 g/mol. The molecule has 0 atom stereocenters. The normalized spacial score (nSPS) is 14.9. The van der Waals surface area contributed by atoms with E-state index in [2.05, 4.69) is 15.4 Å². The molecule has 1 amide bonds. The Labute approximate surface area is 129 Å². The van der Waals surface area contributed by atoms with Gasteiger partial charge in [0.2, 0.25) is 0 Å². The summed E-state index contributed by atoms with van der Waals surface area (Å²) in [5.74, 6) is -0.743. The van der Waals surface area contributed by atoms with E-state index in [4.69, 9.17) is 0 Å². The maximum Gasteiger partial charge on any atom is 0.422 e. The highest BCUT2D eigenvalue weighted by Gasteiger charge is 2.29. The van der Waals surface area contributed by atoms with Gasteiger partial charge in [-0.15, -0.1) is 0 Å². The van der Waals surface area contributed by atoms with E-state index in [1.165, 1.54) is 0 Å². The summed E-state index contributed by atoms with van der Waals surface area (Å²) < 4.78 is 40.9. The van der Waals surface area contributed by atoms with Gasteiger partial charge in [0.05, 0.1) is 4.92 Å². The number of nitro groups is 1. The molecule has 0 saturated carbocycles. The number of halogens is 3. The zero-order chi connectivity index (χ0) is 17.0. The van der Waals surface area contributed by atoms with Crippen molar-refractivity contribution in [2.24, 2.45) is 5.92 Å². The summed E-state index contributed by atoms with van der Waals surface area (Å²) >= 11 is 0. The molecular weight excluding hydrogens is 319 g/mol. The van der Waals surface area contributed by atoms with Gasteiger partial charge >= 0.3 is 6.18 Å². The van der Waals surface area contributed by atoms with Gasteiger partial charge < -0.3 is 15.4 Å². The van der Waals surface area contributed by atoms with Crippen molar-refractivity contribution in [3.05, 3.63) is 33.9 Å². The first kappa shape index (κ1) is 17.0. The van der Waals surface area contributed by atoms with Crippen molar-refractivity contribution in [3.8, 4) is 5.75 Å². The molecule has 126 valence electrons. The highest BCUT2D eigenvalue weighted by Crippen LogP contribution is 2.26. The number of carbonyl (C=O) groups excluding carboxylic acids is 1. The SMILES string of the molecule is O=C(NCC1CNC1)c1cc(OCC(F)(F)F)ccc1[N+](=O)[O-]. The van der Waals surface area contributed by atoms with Gasteiger partial charge in [-0.1, -0.05) is 0 Å². The van der Waals surface area contributed by atoms with Crippen LogP contribution in [0.1, 0.15) is 10.4 Å². The molecule has 0 aromatic heterocycles. The minimum absolute atomic E-state index is 0.239. The van der Waals surface area contributed by atoms with E-state index >= 15 is 0 Å². The molecule has 1 aliphatic heterocycles. The highest BCUT2D eigenvalue weighted by molar-refractivity contribution is 5.98. The molecule has 1 heterocycles. The Balaban J connectivity index is 2.12. The Hall–Kier alpha value is -2.36. The van der Waals surface area contributed by atoms with E-state index in [0.717, 1.165) is 31.3 Å². The van der Waals surface area contributed by atoms with Crippen LogP contribution in [0, 0.1) is 16.0 Å². The molecule has 1 aromatic carbocycles. The average Bonchev–Trinajstić information content (AvgIpc) is 2.42. The summed E-state index contributed by atoms with van der Waals surface area (Å²) in [7, 11) is 0. The zero-order valence-electron chi connectivity index (χ0n) is 11.9. The summed E-state index contributed by atoms with van der Waals surface area (Å²) in [5, 5.41) is 16.5. The number of nitro benzene ring substituents is 1. The van der Waals surface area contributed by atoms with Crippen molar-refractivity contribution < 1.29 is 27.6 Å². The van der Waals surface area contributed by atoms with E-state index in [9.17, 15) is 28.1 Å². The molecule has 0 aliphatic carbocycles. The van der Waals surface area contributed by atoms with Crippen molar-refractivity contribution in [1.29, 1.82) is 0 Å². The van der Waals surface area contributed by atoms with Gasteiger partial charge in [0.25, 0.3) is 11.6 Å². The maximum absolute atomic E-state index is 12.1.